The van der Waals surface area contributed by atoms with Crippen molar-refractivity contribution in [3.8, 4) is 0 Å². The summed E-state index contributed by atoms with van der Waals surface area (Å²) in [6.07, 6.45) is 2.46. The Bertz CT molecular complexity index is 397. The van der Waals surface area contributed by atoms with Gasteiger partial charge in [0.2, 0.25) is 0 Å². The molecule has 0 aromatic heterocycles. The Balaban J connectivity index is 2.08. The molecule has 0 aliphatic carbocycles. The fourth-order valence-electron chi connectivity index (χ4n) is 2.96. The molecule has 2 N–H and O–H groups in total. The number of rotatable bonds is 5. The van der Waals surface area contributed by atoms with E-state index >= 15 is 0 Å². The van der Waals surface area contributed by atoms with Gasteiger partial charge in [-0.2, -0.15) is 0 Å². The second-order valence-electron chi connectivity index (χ2n) is 5.27. The molecule has 0 radical (unpaired) electrons. The third-order valence-electron chi connectivity index (χ3n) is 3.85. The van der Waals surface area contributed by atoms with Gasteiger partial charge in [-0.15, -0.1) is 0 Å². The van der Waals surface area contributed by atoms with Crippen molar-refractivity contribution in [2.75, 3.05) is 33.4 Å². The first kappa shape index (κ1) is 14.8. The topological polar surface area (TPSA) is 38.5 Å². The van der Waals surface area contributed by atoms with E-state index in [1.54, 1.807) is 7.11 Å². The number of likely N-dealkylation sites (tertiary alicyclic amines) is 1. The minimum absolute atomic E-state index is 0.262. The third-order valence-corrected chi connectivity index (χ3v) is 4.09. The normalized spacial score (nSPS) is 22.4. The van der Waals surface area contributed by atoms with Gasteiger partial charge in [-0.1, -0.05) is 23.7 Å². The van der Waals surface area contributed by atoms with Crippen LogP contribution < -0.4 is 5.73 Å². The van der Waals surface area contributed by atoms with E-state index in [-0.39, 0.29) is 6.04 Å². The van der Waals surface area contributed by atoms with Crippen LogP contribution >= 0.6 is 11.6 Å². The second-order valence-corrected chi connectivity index (χ2v) is 5.70. The van der Waals surface area contributed by atoms with E-state index in [0.717, 1.165) is 24.7 Å². The Kier molecular flexibility index (Phi) is 5.64. The summed E-state index contributed by atoms with van der Waals surface area (Å²) in [6.45, 7) is 3.63. The van der Waals surface area contributed by atoms with Crippen molar-refractivity contribution in [3.63, 3.8) is 0 Å². The van der Waals surface area contributed by atoms with Crippen LogP contribution in [0.15, 0.2) is 24.3 Å². The highest BCUT2D eigenvalue weighted by atomic mass is 35.5. The number of nitrogens with two attached hydrogens (primary N) is 1. The van der Waals surface area contributed by atoms with Crippen LogP contribution in [0.4, 0.5) is 0 Å². The maximum Gasteiger partial charge on any atom is 0.0502 e. The van der Waals surface area contributed by atoms with Crippen molar-refractivity contribution in [2.24, 2.45) is 11.7 Å². The molecule has 0 amide bonds. The molecular formula is C15H23ClN2O. The predicted molar refractivity (Wildman–Crippen MR) is 79.4 cm³/mol. The number of hydrogen-bond acceptors (Lipinski definition) is 3. The zero-order valence-corrected chi connectivity index (χ0v) is 12.3. The van der Waals surface area contributed by atoms with Crippen molar-refractivity contribution in [2.45, 2.75) is 18.9 Å². The van der Waals surface area contributed by atoms with Crippen molar-refractivity contribution < 1.29 is 4.74 Å². The van der Waals surface area contributed by atoms with E-state index in [1.165, 1.54) is 18.4 Å². The molecule has 0 spiro atoms. The first-order valence-corrected chi connectivity index (χ1v) is 7.31. The van der Waals surface area contributed by atoms with Crippen molar-refractivity contribution >= 4 is 11.6 Å². The molecule has 1 heterocycles. The van der Waals surface area contributed by atoms with Crippen molar-refractivity contribution in [1.82, 2.24) is 4.90 Å². The molecule has 0 saturated carbocycles. The first-order chi connectivity index (χ1) is 9.24. The Hall–Kier alpha value is -0.610. The van der Waals surface area contributed by atoms with Crippen molar-refractivity contribution in [3.05, 3.63) is 34.9 Å². The third kappa shape index (κ3) is 3.93. The lowest BCUT2D eigenvalue weighted by Gasteiger charge is -2.38. The molecule has 1 aromatic carbocycles. The van der Waals surface area contributed by atoms with Crippen LogP contribution in [0.3, 0.4) is 0 Å². The van der Waals surface area contributed by atoms with Gasteiger partial charge in [0, 0.05) is 31.3 Å². The molecule has 19 heavy (non-hydrogen) atoms. The number of benzene rings is 1. The second kappa shape index (κ2) is 7.25. The van der Waals surface area contributed by atoms with Gasteiger partial charge in [0.25, 0.3) is 0 Å². The van der Waals surface area contributed by atoms with Crippen LogP contribution in [0.25, 0.3) is 0 Å². The Morgan fingerprint density at radius 1 is 1.53 bits per heavy atom. The minimum Gasteiger partial charge on any atom is -0.384 e. The largest absolute Gasteiger partial charge is 0.384 e. The van der Waals surface area contributed by atoms with E-state index in [9.17, 15) is 0 Å². The maximum atomic E-state index is 6.08. The number of halogens is 1. The molecule has 4 heteroatoms. The van der Waals surface area contributed by atoms with Gasteiger partial charge in [-0.05, 0) is 43.0 Å². The number of nitrogens with zero attached hydrogens (tertiary/aromatic N) is 1. The molecule has 2 atom stereocenters. The summed E-state index contributed by atoms with van der Waals surface area (Å²) < 4.78 is 5.29. The van der Waals surface area contributed by atoms with Crippen molar-refractivity contribution in [1.29, 1.82) is 0 Å². The smallest absolute Gasteiger partial charge is 0.0502 e. The van der Waals surface area contributed by atoms with Crippen LogP contribution in [0.2, 0.25) is 5.02 Å². The molecule has 2 unspecified atom stereocenters. The first-order valence-electron chi connectivity index (χ1n) is 6.93. The average molecular weight is 283 g/mol. The van der Waals surface area contributed by atoms with Gasteiger partial charge in [0.05, 0.1) is 6.61 Å². The van der Waals surface area contributed by atoms with E-state index < -0.39 is 0 Å². The highest BCUT2D eigenvalue weighted by Gasteiger charge is 2.26. The zero-order valence-electron chi connectivity index (χ0n) is 11.5. The summed E-state index contributed by atoms with van der Waals surface area (Å²) in [4.78, 5) is 2.47. The monoisotopic (exact) mass is 282 g/mol. The molecule has 106 valence electrons. The summed E-state index contributed by atoms with van der Waals surface area (Å²) >= 11 is 6.08. The maximum absolute atomic E-state index is 6.08. The van der Waals surface area contributed by atoms with Gasteiger partial charge in [-0.25, -0.2) is 0 Å². The molecule has 0 bridgehead atoms. The summed E-state index contributed by atoms with van der Waals surface area (Å²) in [6, 6.07) is 8.31. The summed E-state index contributed by atoms with van der Waals surface area (Å²) in [7, 11) is 1.77. The fraction of sp³-hybridized carbons (Fsp3) is 0.600. The number of hydrogen-bond donors (Lipinski definition) is 1. The SMILES string of the molecule is COCC1CCCN(C(CN)c2cccc(Cl)c2)C1. The lowest BCUT2D eigenvalue weighted by atomic mass is 9.95. The van der Waals surface area contributed by atoms with Gasteiger partial charge in [-0.3, -0.25) is 4.90 Å². The standard InChI is InChI=1S/C15H23ClN2O/c1-19-11-12-4-3-7-18(10-12)15(9-17)13-5-2-6-14(16)8-13/h2,5-6,8,12,15H,3-4,7,9-11,17H2,1H3. The number of methoxy groups -OCH3 is 1. The van der Waals surface area contributed by atoms with Crippen LogP contribution in [0, 0.1) is 5.92 Å². The molecular weight excluding hydrogens is 260 g/mol. The number of piperidine rings is 1. The summed E-state index contributed by atoms with van der Waals surface area (Å²) in [5, 5.41) is 0.779. The van der Waals surface area contributed by atoms with Crippen LogP contribution in [-0.2, 0) is 4.74 Å². The minimum atomic E-state index is 0.262. The zero-order chi connectivity index (χ0) is 13.7. The van der Waals surface area contributed by atoms with Crippen LogP contribution in [-0.4, -0.2) is 38.3 Å². The summed E-state index contributed by atoms with van der Waals surface area (Å²) in [5.41, 5.74) is 7.20. The van der Waals surface area contributed by atoms with Gasteiger partial charge in [0.15, 0.2) is 0 Å². The van der Waals surface area contributed by atoms with E-state index in [2.05, 4.69) is 11.0 Å². The fourth-order valence-corrected chi connectivity index (χ4v) is 3.16. The van der Waals surface area contributed by atoms with E-state index in [1.807, 2.05) is 18.2 Å². The van der Waals surface area contributed by atoms with Crippen LogP contribution in [0.5, 0.6) is 0 Å². The number of ether oxygens (including phenoxy) is 1. The van der Waals surface area contributed by atoms with Crippen LogP contribution in [0.1, 0.15) is 24.4 Å². The molecule has 3 nitrogen and oxygen atoms in total. The van der Waals surface area contributed by atoms with Gasteiger partial charge in [0.1, 0.15) is 0 Å². The molecule has 1 fully saturated rings. The Morgan fingerprint density at radius 2 is 2.37 bits per heavy atom. The Labute approximate surface area is 120 Å². The van der Waals surface area contributed by atoms with E-state index in [4.69, 9.17) is 22.1 Å². The van der Waals surface area contributed by atoms with Gasteiger partial charge >= 0.3 is 0 Å². The predicted octanol–water partition coefficient (Wildman–Crippen LogP) is 2.70. The highest BCUT2D eigenvalue weighted by molar-refractivity contribution is 6.30. The lowest BCUT2D eigenvalue weighted by molar-refractivity contribution is 0.0697. The molecule has 2 rings (SSSR count). The molecule has 1 aromatic rings. The Morgan fingerprint density at radius 3 is 3.05 bits per heavy atom. The van der Waals surface area contributed by atoms with E-state index in [0.29, 0.717) is 12.5 Å². The molecule has 1 saturated heterocycles. The van der Waals surface area contributed by atoms with Gasteiger partial charge < -0.3 is 10.5 Å². The lowest BCUT2D eigenvalue weighted by Crippen LogP contribution is -2.42. The highest BCUT2D eigenvalue weighted by Crippen LogP contribution is 2.27. The molecule has 1 aliphatic rings. The molecule has 1 aliphatic heterocycles. The quantitative estimate of drug-likeness (QED) is 0.902. The average Bonchev–Trinajstić information content (AvgIpc) is 2.41. The summed E-state index contributed by atoms with van der Waals surface area (Å²) in [5.74, 6) is 0.618.